The van der Waals surface area contributed by atoms with Gasteiger partial charge < -0.3 is 15.3 Å². The van der Waals surface area contributed by atoms with E-state index in [0.717, 1.165) is 12.1 Å². The SMILES string of the molecule is O=C(O)N1CC[C@@H](Nc2ccc(F)c3ncccc23)C1. The third kappa shape index (κ3) is 2.24. The number of amides is 1. The van der Waals surface area contributed by atoms with E-state index in [1.165, 1.54) is 11.0 Å². The number of rotatable bonds is 2. The minimum atomic E-state index is -0.903. The van der Waals surface area contributed by atoms with Crippen molar-refractivity contribution in [2.24, 2.45) is 0 Å². The van der Waals surface area contributed by atoms with Crippen LogP contribution in [0, 0.1) is 5.82 Å². The fourth-order valence-electron chi connectivity index (χ4n) is 2.54. The van der Waals surface area contributed by atoms with Gasteiger partial charge in [-0.15, -0.1) is 0 Å². The van der Waals surface area contributed by atoms with Crippen molar-refractivity contribution >= 4 is 22.7 Å². The van der Waals surface area contributed by atoms with Gasteiger partial charge in [0, 0.05) is 36.4 Å². The van der Waals surface area contributed by atoms with Gasteiger partial charge in [0.25, 0.3) is 0 Å². The fraction of sp³-hybridized carbons (Fsp3) is 0.286. The molecular formula is C14H14FN3O2. The van der Waals surface area contributed by atoms with E-state index < -0.39 is 6.09 Å². The lowest BCUT2D eigenvalue weighted by Gasteiger charge is -2.16. The lowest BCUT2D eigenvalue weighted by molar-refractivity contribution is 0.155. The van der Waals surface area contributed by atoms with Crippen LogP contribution in [0.15, 0.2) is 30.5 Å². The Morgan fingerprint density at radius 3 is 3.05 bits per heavy atom. The maximum atomic E-state index is 13.7. The zero-order chi connectivity index (χ0) is 14.1. The molecule has 0 aliphatic carbocycles. The second-order valence-corrected chi connectivity index (χ2v) is 4.85. The number of anilines is 1. The van der Waals surface area contributed by atoms with Crippen LogP contribution in [0.3, 0.4) is 0 Å². The first-order valence-electron chi connectivity index (χ1n) is 6.43. The van der Waals surface area contributed by atoms with E-state index in [-0.39, 0.29) is 11.9 Å². The molecule has 0 radical (unpaired) electrons. The molecule has 1 fully saturated rings. The van der Waals surface area contributed by atoms with E-state index in [2.05, 4.69) is 10.3 Å². The molecule has 5 nitrogen and oxygen atoms in total. The first-order valence-corrected chi connectivity index (χ1v) is 6.43. The van der Waals surface area contributed by atoms with Gasteiger partial charge in [-0.2, -0.15) is 0 Å². The summed E-state index contributed by atoms with van der Waals surface area (Å²) in [4.78, 5) is 16.3. The van der Waals surface area contributed by atoms with E-state index in [1.807, 2.05) is 0 Å². The molecule has 1 aliphatic heterocycles. The molecule has 1 atom stereocenters. The lowest BCUT2D eigenvalue weighted by Crippen LogP contribution is -2.30. The van der Waals surface area contributed by atoms with Crippen molar-refractivity contribution in [3.63, 3.8) is 0 Å². The molecule has 1 amide bonds. The number of aromatic nitrogens is 1. The predicted molar refractivity (Wildman–Crippen MR) is 73.3 cm³/mol. The third-order valence-electron chi connectivity index (χ3n) is 3.54. The number of hydrogen-bond donors (Lipinski definition) is 2. The maximum absolute atomic E-state index is 13.7. The molecule has 0 saturated carbocycles. The molecule has 1 aromatic carbocycles. The highest BCUT2D eigenvalue weighted by atomic mass is 19.1. The first kappa shape index (κ1) is 12.7. The molecule has 104 valence electrons. The van der Waals surface area contributed by atoms with Crippen LogP contribution in [-0.4, -0.2) is 40.2 Å². The summed E-state index contributed by atoms with van der Waals surface area (Å²) in [5.74, 6) is -0.357. The summed E-state index contributed by atoms with van der Waals surface area (Å²) in [6.07, 6.45) is 1.39. The Morgan fingerprint density at radius 2 is 2.30 bits per heavy atom. The number of nitrogens with one attached hydrogen (secondary N) is 1. The highest BCUT2D eigenvalue weighted by Crippen LogP contribution is 2.26. The van der Waals surface area contributed by atoms with Gasteiger partial charge in [0.2, 0.25) is 0 Å². The number of likely N-dealkylation sites (tertiary alicyclic amines) is 1. The Balaban J connectivity index is 1.85. The van der Waals surface area contributed by atoms with Crippen LogP contribution in [0.4, 0.5) is 14.9 Å². The van der Waals surface area contributed by atoms with Crippen LogP contribution in [-0.2, 0) is 0 Å². The Bertz CT molecular complexity index is 662. The highest BCUT2D eigenvalue weighted by Gasteiger charge is 2.26. The summed E-state index contributed by atoms with van der Waals surface area (Å²) < 4.78 is 13.7. The van der Waals surface area contributed by atoms with Crippen LogP contribution < -0.4 is 5.32 Å². The molecule has 2 heterocycles. The number of nitrogens with zero attached hydrogens (tertiary/aromatic N) is 2. The molecule has 6 heteroatoms. The molecule has 0 unspecified atom stereocenters. The van der Waals surface area contributed by atoms with Gasteiger partial charge in [-0.05, 0) is 30.7 Å². The van der Waals surface area contributed by atoms with Crippen molar-refractivity contribution in [3.05, 3.63) is 36.3 Å². The predicted octanol–water partition coefficient (Wildman–Crippen LogP) is 2.54. The Hall–Kier alpha value is -2.37. The van der Waals surface area contributed by atoms with E-state index in [1.54, 1.807) is 24.4 Å². The Morgan fingerprint density at radius 1 is 1.45 bits per heavy atom. The topological polar surface area (TPSA) is 65.5 Å². The third-order valence-corrected chi connectivity index (χ3v) is 3.54. The average molecular weight is 275 g/mol. The number of benzene rings is 1. The van der Waals surface area contributed by atoms with Gasteiger partial charge in [-0.1, -0.05) is 0 Å². The van der Waals surface area contributed by atoms with Gasteiger partial charge >= 0.3 is 6.09 Å². The second-order valence-electron chi connectivity index (χ2n) is 4.85. The Labute approximate surface area is 115 Å². The van der Waals surface area contributed by atoms with Crippen molar-refractivity contribution in [1.29, 1.82) is 0 Å². The highest BCUT2D eigenvalue weighted by molar-refractivity contribution is 5.91. The number of halogens is 1. The van der Waals surface area contributed by atoms with Crippen LogP contribution in [0.25, 0.3) is 10.9 Å². The fourth-order valence-corrected chi connectivity index (χ4v) is 2.54. The summed E-state index contributed by atoms with van der Waals surface area (Å²) in [6, 6.07) is 6.65. The quantitative estimate of drug-likeness (QED) is 0.884. The number of carboxylic acid groups (broad SMARTS) is 1. The summed E-state index contributed by atoms with van der Waals surface area (Å²) in [7, 11) is 0. The molecule has 2 aromatic rings. The molecule has 20 heavy (non-hydrogen) atoms. The molecule has 3 rings (SSSR count). The molecule has 1 saturated heterocycles. The zero-order valence-corrected chi connectivity index (χ0v) is 10.7. The summed E-state index contributed by atoms with van der Waals surface area (Å²) >= 11 is 0. The largest absolute Gasteiger partial charge is 0.465 e. The molecule has 2 N–H and O–H groups in total. The average Bonchev–Trinajstić information content (AvgIpc) is 2.91. The van der Waals surface area contributed by atoms with Gasteiger partial charge in [0.15, 0.2) is 0 Å². The van der Waals surface area contributed by atoms with E-state index in [9.17, 15) is 9.18 Å². The summed E-state index contributed by atoms with van der Waals surface area (Å²) in [5.41, 5.74) is 1.11. The monoisotopic (exact) mass is 275 g/mol. The number of carbonyl (C=O) groups is 1. The van der Waals surface area contributed by atoms with Gasteiger partial charge in [-0.3, -0.25) is 4.98 Å². The minimum absolute atomic E-state index is 0.0416. The Kier molecular flexibility index (Phi) is 3.14. The number of pyridine rings is 1. The number of fused-ring (bicyclic) bond motifs is 1. The molecule has 1 aliphatic rings. The number of hydrogen-bond acceptors (Lipinski definition) is 3. The van der Waals surface area contributed by atoms with E-state index in [0.29, 0.717) is 24.0 Å². The second kappa shape index (κ2) is 4.96. The molecule has 1 aromatic heterocycles. The smallest absolute Gasteiger partial charge is 0.407 e. The van der Waals surface area contributed by atoms with E-state index in [4.69, 9.17) is 5.11 Å². The summed E-state index contributed by atoms with van der Waals surface area (Å²) in [6.45, 7) is 0.957. The van der Waals surface area contributed by atoms with E-state index >= 15 is 0 Å². The van der Waals surface area contributed by atoms with Crippen molar-refractivity contribution in [1.82, 2.24) is 9.88 Å². The van der Waals surface area contributed by atoms with Gasteiger partial charge in [-0.25, -0.2) is 9.18 Å². The summed E-state index contributed by atoms with van der Waals surface area (Å²) in [5, 5.41) is 12.9. The van der Waals surface area contributed by atoms with Gasteiger partial charge in [0.1, 0.15) is 11.3 Å². The van der Waals surface area contributed by atoms with Crippen molar-refractivity contribution in [3.8, 4) is 0 Å². The minimum Gasteiger partial charge on any atom is -0.465 e. The molecule has 0 spiro atoms. The molecular weight excluding hydrogens is 261 g/mol. The van der Waals surface area contributed by atoms with Crippen molar-refractivity contribution in [2.45, 2.75) is 12.5 Å². The van der Waals surface area contributed by atoms with Crippen LogP contribution >= 0.6 is 0 Å². The van der Waals surface area contributed by atoms with Crippen LogP contribution in [0.5, 0.6) is 0 Å². The zero-order valence-electron chi connectivity index (χ0n) is 10.7. The lowest BCUT2D eigenvalue weighted by atomic mass is 10.1. The van der Waals surface area contributed by atoms with Crippen molar-refractivity contribution in [2.75, 3.05) is 18.4 Å². The van der Waals surface area contributed by atoms with Crippen molar-refractivity contribution < 1.29 is 14.3 Å². The van der Waals surface area contributed by atoms with Crippen LogP contribution in [0.2, 0.25) is 0 Å². The van der Waals surface area contributed by atoms with Gasteiger partial charge in [0.05, 0.1) is 0 Å². The van der Waals surface area contributed by atoms with Crippen LogP contribution in [0.1, 0.15) is 6.42 Å². The first-order chi connectivity index (χ1) is 9.65. The standard InChI is InChI=1S/C14H14FN3O2/c15-11-3-4-12(10-2-1-6-16-13(10)11)17-9-5-7-18(8-9)14(19)20/h1-4,6,9,17H,5,7-8H2,(H,19,20)/t9-/m1/s1. The molecule has 0 bridgehead atoms. The normalized spacial score (nSPS) is 18.4. The maximum Gasteiger partial charge on any atom is 0.407 e.